The number of fused-ring (bicyclic) bond motifs is 1. The van der Waals surface area contributed by atoms with Crippen molar-refractivity contribution in [2.45, 2.75) is 6.92 Å². The summed E-state index contributed by atoms with van der Waals surface area (Å²) < 4.78 is 3.35. The van der Waals surface area contributed by atoms with Crippen LogP contribution in [0.15, 0.2) is 41.3 Å². The topological polar surface area (TPSA) is 39.8 Å². The van der Waals surface area contributed by atoms with Crippen molar-refractivity contribution in [1.82, 2.24) is 14.1 Å². The maximum atomic E-state index is 12.4. The molecule has 5 heteroatoms. The van der Waals surface area contributed by atoms with Crippen LogP contribution in [0.5, 0.6) is 0 Å². The van der Waals surface area contributed by atoms with Crippen LogP contribution in [0.1, 0.15) is 5.56 Å². The molecule has 3 aromatic rings. The van der Waals surface area contributed by atoms with Crippen LogP contribution >= 0.6 is 9.24 Å². The van der Waals surface area contributed by atoms with Gasteiger partial charge in [0.1, 0.15) is 0 Å². The monoisotopic (exact) mass is 271 g/mol. The van der Waals surface area contributed by atoms with Gasteiger partial charge in [-0.1, -0.05) is 15.3 Å². The van der Waals surface area contributed by atoms with E-state index in [1.165, 1.54) is 0 Å². The number of benzene rings is 1. The van der Waals surface area contributed by atoms with Crippen LogP contribution in [-0.2, 0) is 7.05 Å². The largest absolute Gasteiger partial charge is 0.333 e. The van der Waals surface area contributed by atoms with Crippen molar-refractivity contribution in [3.8, 4) is 5.69 Å². The van der Waals surface area contributed by atoms with Crippen LogP contribution in [0.2, 0.25) is 0 Å². The Labute approximate surface area is 112 Å². The Balaban J connectivity index is 2.38. The Morgan fingerprint density at radius 3 is 2.63 bits per heavy atom. The third kappa shape index (κ3) is 1.89. The highest BCUT2D eigenvalue weighted by atomic mass is 31.0. The lowest BCUT2D eigenvalue weighted by Crippen LogP contribution is -2.21. The Bertz CT molecular complexity index is 815. The molecule has 0 spiro atoms. The number of hydrogen-bond donors (Lipinski definition) is 0. The van der Waals surface area contributed by atoms with Crippen molar-refractivity contribution < 1.29 is 0 Å². The molecule has 96 valence electrons. The van der Waals surface area contributed by atoms with Gasteiger partial charge < -0.3 is 0 Å². The smallest absolute Gasteiger partial charge is 0.295 e. The van der Waals surface area contributed by atoms with Crippen molar-refractivity contribution in [2.75, 3.05) is 0 Å². The third-order valence-corrected chi connectivity index (χ3v) is 3.58. The van der Waals surface area contributed by atoms with Gasteiger partial charge in [-0.2, -0.15) is 0 Å². The zero-order valence-corrected chi connectivity index (χ0v) is 11.9. The zero-order chi connectivity index (χ0) is 13.6. The van der Waals surface area contributed by atoms with Crippen LogP contribution < -0.4 is 11.1 Å². The fraction of sp³-hybridized carbons (Fsp3) is 0.143. The molecule has 4 nitrogen and oxygen atoms in total. The highest BCUT2D eigenvalue weighted by Crippen LogP contribution is 2.17. The van der Waals surface area contributed by atoms with E-state index in [9.17, 15) is 4.79 Å². The fourth-order valence-corrected chi connectivity index (χ4v) is 2.40. The van der Waals surface area contributed by atoms with Gasteiger partial charge >= 0.3 is 5.69 Å². The highest BCUT2D eigenvalue weighted by Gasteiger charge is 2.12. The summed E-state index contributed by atoms with van der Waals surface area (Å²) in [5, 5.41) is 0. The Morgan fingerprint density at radius 1 is 1.16 bits per heavy atom. The van der Waals surface area contributed by atoms with Gasteiger partial charge in [-0.25, -0.2) is 4.79 Å². The van der Waals surface area contributed by atoms with Crippen molar-refractivity contribution in [3.05, 3.63) is 52.6 Å². The van der Waals surface area contributed by atoms with Gasteiger partial charge in [0.15, 0.2) is 0 Å². The predicted molar refractivity (Wildman–Crippen MR) is 80.4 cm³/mol. The first-order valence-electron chi connectivity index (χ1n) is 5.98. The lowest BCUT2D eigenvalue weighted by Gasteiger charge is -2.03. The molecule has 1 aromatic carbocycles. The molecule has 1 atom stereocenters. The molecule has 19 heavy (non-hydrogen) atoms. The third-order valence-electron chi connectivity index (χ3n) is 3.24. The molecule has 3 rings (SSSR count). The Morgan fingerprint density at radius 2 is 1.95 bits per heavy atom. The summed E-state index contributed by atoms with van der Waals surface area (Å²) in [6.07, 6.45) is 1.71. The van der Waals surface area contributed by atoms with E-state index in [1.54, 1.807) is 22.4 Å². The average Bonchev–Trinajstić information content (AvgIpc) is 2.64. The molecule has 0 aliphatic rings. The second-order valence-corrected chi connectivity index (χ2v) is 5.20. The highest BCUT2D eigenvalue weighted by molar-refractivity contribution is 7.26. The molecule has 1 unspecified atom stereocenters. The van der Waals surface area contributed by atoms with E-state index >= 15 is 0 Å². The van der Waals surface area contributed by atoms with Gasteiger partial charge in [0.2, 0.25) is 0 Å². The van der Waals surface area contributed by atoms with Gasteiger partial charge in [-0.15, -0.1) is 0 Å². The molecule has 2 aromatic heterocycles. The minimum Gasteiger partial charge on any atom is -0.295 e. The van der Waals surface area contributed by atoms with E-state index in [0.717, 1.165) is 27.7 Å². The van der Waals surface area contributed by atoms with E-state index in [0.29, 0.717) is 0 Å². The summed E-state index contributed by atoms with van der Waals surface area (Å²) in [6, 6.07) is 9.77. The van der Waals surface area contributed by atoms with Crippen LogP contribution in [0, 0.1) is 6.92 Å². The van der Waals surface area contributed by atoms with Crippen molar-refractivity contribution >= 4 is 25.7 Å². The molecule has 0 aliphatic carbocycles. The molecule has 2 heterocycles. The van der Waals surface area contributed by atoms with Crippen molar-refractivity contribution in [2.24, 2.45) is 7.05 Å². The van der Waals surface area contributed by atoms with E-state index < -0.39 is 0 Å². The fourth-order valence-electron chi connectivity index (χ4n) is 2.23. The second kappa shape index (κ2) is 4.32. The van der Waals surface area contributed by atoms with Gasteiger partial charge in [-0.3, -0.25) is 14.1 Å². The summed E-state index contributed by atoms with van der Waals surface area (Å²) >= 11 is 0. The number of pyridine rings is 1. The molecule has 0 fully saturated rings. The minimum absolute atomic E-state index is 0.0566. The first-order chi connectivity index (χ1) is 9.08. The first kappa shape index (κ1) is 12.1. The molecule has 0 bridgehead atoms. The van der Waals surface area contributed by atoms with Crippen LogP contribution in [0.3, 0.4) is 0 Å². The number of aromatic nitrogens is 3. The summed E-state index contributed by atoms with van der Waals surface area (Å²) in [6.45, 7) is 2.02. The normalized spacial score (nSPS) is 11.1. The van der Waals surface area contributed by atoms with E-state index in [4.69, 9.17) is 0 Å². The van der Waals surface area contributed by atoms with Crippen molar-refractivity contribution in [1.29, 1.82) is 0 Å². The predicted octanol–water partition coefficient (Wildman–Crippen LogP) is 1.53. The molecule has 0 amide bonds. The van der Waals surface area contributed by atoms with Crippen LogP contribution in [0.4, 0.5) is 0 Å². The van der Waals surface area contributed by atoms with Gasteiger partial charge in [0.25, 0.3) is 0 Å². The Kier molecular flexibility index (Phi) is 2.76. The van der Waals surface area contributed by atoms with Crippen LogP contribution in [-0.4, -0.2) is 14.1 Å². The molecular formula is C14H14N3OP. The summed E-state index contributed by atoms with van der Waals surface area (Å²) in [7, 11) is 4.33. The maximum absolute atomic E-state index is 12.4. The van der Waals surface area contributed by atoms with Gasteiger partial charge in [0, 0.05) is 7.05 Å². The molecule has 0 N–H and O–H groups in total. The quantitative estimate of drug-likeness (QED) is 0.630. The molecule has 0 radical (unpaired) electrons. The second-order valence-electron chi connectivity index (χ2n) is 4.61. The molecular weight excluding hydrogens is 257 g/mol. The van der Waals surface area contributed by atoms with E-state index in [-0.39, 0.29) is 5.69 Å². The maximum Gasteiger partial charge on any atom is 0.333 e. The first-order valence-corrected chi connectivity index (χ1v) is 6.55. The number of nitrogens with zero attached hydrogens (tertiary/aromatic N) is 3. The van der Waals surface area contributed by atoms with Crippen molar-refractivity contribution in [3.63, 3.8) is 0 Å². The van der Waals surface area contributed by atoms with Crippen LogP contribution in [0.25, 0.3) is 16.7 Å². The number of imidazole rings is 1. The summed E-state index contributed by atoms with van der Waals surface area (Å²) in [4.78, 5) is 16.6. The number of rotatable bonds is 1. The standard InChI is InChI=1S/C14H14N3OP/c1-9-3-5-11-12(7-9)16(2)14(18)17(11)10-4-6-13(19)15-8-10/h3-8H,19H2,1-2H3. The van der Waals surface area contributed by atoms with Gasteiger partial charge in [-0.05, 0) is 36.8 Å². The minimum atomic E-state index is -0.0566. The van der Waals surface area contributed by atoms with E-state index in [2.05, 4.69) is 14.2 Å². The molecule has 0 aliphatic heterocycles. The number of aryl methyl sites for hydroxylation is 2. The number of hydrogen-bond acceptors (Lipinski definition) is 2. The average molecular weight is 271 g/mol. The summed E-state index contributed by atoms with van der Waals surface area (Å²) in [5.41, 5.74) is 4.55. The lowest BCUT2D eigenvalue weighted by atomic mass is 10.2. The van der Waals surface area contributed by atoms with E-state index in [1.807, 2.05) is 37.3 Å². The Hall–Kier alpha value is -1.93. The molecule has 0 saturated carbocycles. The lowest BCUT2D eigenvalue weighted by molar-refractivity contribution is 0.844. The van der Waals surface area contributed by atoms with Gasteiger partial charge in [0.05, 0.1) is 28.4 Å². The molecule has 0 saturated heterocycles. The SMILES string of the molecule is Cc1ccc2c(c1)n(C)c(=O)n2-c1ccc(P)nc1. The summed E-state index contributed by atoms with van der Waals surface area (Å²) in [5.74, 6) is 0. The zero-order valence-electron chi connectivity index (χ0n) is 10.8.